The Morgan fingerprint density at radius 1 is 0.931 bits per heavy atom. The van der Waals surface area contributed by atoms with Crippen LogP contribution in [-0.2, 0) is 19.3 Å². The van der Waals surface area contributed by atoms with E-state index in [4.69, 9.17) is 5.73 Å². The molecule has 0 radical (unpaired) electrons. The highest BCUT2D eigenvalue weighted by molar-refractivity contribution is 6.08. The molecule has 0 spiro atoms. The molecule has 0 aliphatic rings. The molecule has 0 bridgehead atoms. The van der Waals surface area contributed by atoms with Crippen LogP contribution < -0.4 is 5.73 Å². The first-order valence-electron chi connectivity index (χ1n) is 10.2. The third-order valence-electron chi connectivity index (χ3n) is 5.54. The fourth-order valence-corrected chi connectivity index (χ4v) is 3.75. The zero-order chi connectivity index (χ0) is 20.4. The number of aliphatic hydroxyl groups excluding tert-OH is 1. The van der Waals surface area contributed by atoms with Crippen molar-refractivity contribution < 1.29 is 5.11 Å². The zero-order valence-electron chi connectivity index (χ0n) is 17.0. The van der Waals surface area contributed by atoms with Crippen molar-refractivity contribution >= 4 is 27.6 Å². The number of rotatable bonds is 6. The third-order valence-corrected chi connectivity index (χ3v) is 5.54. The van der Waals surface area contributed by atoms with Crippen molar-refractivity contribution in [2.24, 2.45) is 0 Å². The van der Waals surface area contributed by atoms with Crippen LogP contribution in [0.3, 0.4) is 0 Å². The Morgan fingerprint density at radius 3 is 2.41 bits per heavy atom. The van der Waals surface area contributed by atoms with E-state index < -0.39 is 0 Å². The summed E-state index contributed by atoms with van der Waals surface area (Å²) in [5.74, 6) is 0.481. The molecule has 4 rings (SSSR count). The molecule has 0 saturated heterocycles. The minimum atomic E-state index is -0.259. The van der Waals surface area contributed by atoms with Gasteiger partial charge in [0.1, 0.15) is 5.52 Å². The molecular weight excluding hydrogens is 358 g/mol. The summed E-state index contributed by atoms with van der Waals surface area (Å²) in [6.45, 7) is 4.06. The number of nitrogens with zero attached hydrogens (tertiary/aromatic N) is 2. The molecule has 2 aromatic heterocycles. The van der Waals surface area contributed by atoms with E-state index in [2.05, 4.69) is 65.4 Å². The summed E-state index contributed by atoms with van der Waals surface area (Å²) in [6.07, 6.45) is 5.01. The number of pyridine rings is 2. The van der Waals surface area contributed by atoms with Gasteiger partial charge in [-0.2, -0.15) is 0 Å². The molecule has 0 aliphatic heterocycles. The number of anilines is 1. The van der Waals surface area contributed by atoms with E-state index in [1.807, 2.05) is 13.1 Å². The van der Waals surface area contributed by atoms with E-state index in [1.54, 1.807) is 0 Å². The summed E-state index contributed by atoms with van der Waals surface area (Å²) in [4.78, 5) is 9.13. The molecule has 2 aromatic carbocycles. The smallest absolute Gasteiger partial charge is 0.150 e. The van der Waals surface area contributed by atoms with Gasteiger partial charge in [-0.25, -0.2) is 4.98 Å². The van der Waals surface area contributed by atoms with Crippen molar-refractivity contribution in [3.8, 4) is 0 Å². The first-order chi connectivity index (χ1) is 14.0. The first-order valence-corrected chi connectivity index (χ1v) is 10.2. The quantitative estimate of drug-likeness (QED) is 0.469. The molecule has 4 aromatic rings. The van der Waals surface area contributed by atoms with E-state index in [0.29, 0.717) is 12.2 Å². The number of aliphatic hydroxyl groups is 1. The third kappa shape index (κ3) is 4.22. The number of hydrogen-bond donors (Lipinski definition) is 2. The molecule has 1 atom stereocenters. The van der Waals surface area contributed by atoms with Crippen molar-refractivity contribution in [1.82, 2.24) is 9.97 Å². The summed E-state index contributed by atoms with van der Waals surface area (Å²) in [5, 5.41) is 12.0. The number of nitrogen functional groups attached to an aromatic ring is 1. The minimum absolute atomic E-state index is 0.259. The highest BCUT2D eigenvalue weighted by atomic mass is 16.3. The molecule has 0 saturated carbocycles. The normalized spacial score (nSPS) is 12.5. The predicted molar refractivity (Wildman–Crippen MR) is 120 cm³/mol. The van der Waals surface area contributed by atoms with Crippen molar-refractivity contribution in [2.45, 2.75) is 45.6 Å². The number of aromatic nitrogens is 2. The van der Waals surface area contributed by atoms with Crippen LogP contribution in [-0.4, -0.2) is 21.2 Å². The van der Waals surface area contributed by atoms with Crippen LogP contribution >= 0.6 is 0 Å². The van der Waals surface area contributed by atoms with Gasteiger partial charge in [0, 0.05) is 17.0 Å². The topological polar surface area (TPSA) is 72.0 Å². The molecule has 4 heteroatoms. The van der Waals surface area contributed by atoms with Gasteiger partial charge in [0.25, 0.3) is 0 Å². The van der Waals surface area contributed by atoms with Gasteiger partial charge in [-0.15, -0.1) is 0 Å². The maximum atomic E-state index is 9.81. The molecule has 1 unspecified atom stereocenters. The Balaban J connectivity index is 1.56. The summed E-state index contributed by atoms with van der Waals surface area (Å²) >= 11 is 0. The summed E-state index contributed by atoms with van der Waals surface area (Å²) in [5.41, 5.74) is 12.7. The molecule has 4 nitrogen and oxygen atoms in total. The average Bonchev–Trinajstić information content (AvgIpc) is 2.73. The molecule has 29 heavy (non-hydrogen) atoms. The van der Waals surface area contributed by atoms with E-state index in [9.17, 15) is 5.11 Å². The lowest BCUT2D eigenvalue weighted by atomic mass is 10.00. The van der Waals surface area contributed by atoms with E-state index in [1.165, 1.54) is 22.3 Å². The van der Waals surface area contributed by atoms with Gasteiger partial charge in [0.2, 0.25) is 0 Å². The maximum absolute atomic E-state index is 9.81. The Morgan fingerprint density at radius 2 is 1.66 bits per heavy atom. The molecule has 148 valence electrons. The fraction of sp³-hybridized carbons (Fsp3) is 0.280. The van der Waals surface area contributed by atoms with Crippen LogP contribution in [0.4, 0.5) is 5.82 Å². The fourth-order valence-electron chi connectivity index (χ4n) is 3.75. The lowest BCUT2D eigenvalue weighted by Gasteiger charge is -2.10. The van der Waals surface area contributed by atoms with Gasteiger partial charge in [-0.05, 0) is 67.0 Å². The molecule has 3 N–H and O–H groups in total. The Hall–Kier alpha value is -2.98. The van der Waals surface area contributed by atoms with Gasteiger partial charge < -0.3 is 10.8 Å². The summed E-state index contributed by atoms with van der Waals surface area (Å²) in [6, 6.07) is 17.0. The SMILES string of the molecule is CCC(O)Cc1ccc(CCc2cnc3c(N)nc4cc(C)ccc4c3c2)cc1. The number of aryl methyl sites for hydroxylation is 3. The van der Waals surface area contributed by atoms with Crippen molar-refractivity contribution in [2.75, 3.05) is 5.73 Å². The Kier molecular flexibility index (Phi) is 5.45. The predicted octanol–water partition coefficient (Wildman–Crippen LogP) is 4.77. The zero-order valence-corrected chi connectivity index (χ0v) is 17.0. The number of fused-ring (bicyclic) bond motifs is 3. The maximum Gasteiger partial charge on any atom is 0.150 e. The molecule has 0 aliphatic carbocycles. The van der Waals surface area contributed by atoms with E-state index >= 15 is 0 Å². The van der Waals surface area contributed by atoms with Crippen molar-refractivity contribution in [3.63, 3.8) is 0 Å². The van der Waals surface area contributed by atoms with Crippen LogP contribution in [0.15, 0.2) is 54.7 Å². The van der Waals surface area contributed by atoms with Crippen LogP contribution in [0.1, 0.15) is 35.6 Å². The Labute approximate surface area is 171 Å². The molecule has 2 heterocycles. The Bertz CT molecular complexity index is 1150. The lowest BCUT2D eigenvalue weighted by molar-refractivity contribution is 0.171. The van der Waals surface area contributed by atoms with Gasteiger partial charge in [0.05, 0.1) is 11.6 Å². The second kappa shape index (κ2) is 8.18. The van der Waals surface area contributed by atoms with Crippen LogP contribution in [0, 0.1) is 6.92 Å². The molecule has 0 amide bonds. The van der Waals surface area contributed by atoms with Gasteiger partial charge in [-0.1, -0.05) is 43.3 Å². The summed E-state index contributed by atoms with van der Waals surface area (Å²) in [7, 11) is 0. The second-order valence-corrected chi connectivity index (χ2v) is 7.84. The van der Waals surface area contributed by atoms with Crippen LogP contribution in [0.25, 0.3) is 21.8 Å². The van der Waals surface area contributed by atoms with Crippen LogP contribution in [0.2, 0.25) is 0 Å². The number of hydrogen-bond acceptors (Lipinski definition) is 4. The monoisotopic (exact) mass is 385 g/mol. The second-order valence-electron chi connectivity index (χ2n) is 7.84. The van der Waals surface area contributed by atoms with Gasteiger partial charge >= 0.3 is 0 Å². The van der Waals surface area contributed by atoms with Gasteiger partial charge in [-0.3, -0.25) is 4.98 Å². The highest BCUT2D eigenvalue weighted by Gasteiger charge is 2.09. The van der Waals surface area contributed by atoms with E-state index in [-0.39, 0.29) is 6.10 Å². The van der Waals surface area contributed by atoms with E-state index in [0.717, 1.165) is 41.1 Å². The highest BCUT2D eigenvalue weighted by Crippen LogP contribution is 2.28. The summed E-state index contributed by atoms with van der Waals surface area (Å²) < 4.78 is 0. The lowest BCUT2D eigenvalue weighted by Crippen LogP contribution is -2.08. The average molecular weight is 386 g/mol. The number of nitrogens with two attached hydrogens (primary N) is 1. The molecule has 0 fully saturated rings. The van der Waals surface area contributed by atoms with Crippen molar-refractivity contribution in [1.29, 1.82) is 0 Å². The van der Waals surface area contributed by atoms with Gasteiger partial charge in [0.15, 0.2) is 5.82 Å². The van der Waals surface area contributed by atoms with Crippen LogP contribution in [0.5, 0.6) is 0 Å². The van der Waals surface area contributed by atoms with Crippen molar-refractivity contribution in [3.05, 3.63) is 77.0 Å². The molecular formula is C25H27N3O. The standard InChI is InChI=1S/C25H27N3O/c1-3-20(29)13-18-8-5-17(6-9-18)7-10-19-14-22-21-11-4-16(2)12-23(21)28-25(26)24(22)27-15-19/h4-6,8-9,11-12,14-15,20,29H,3,7,10,13H2,1-2H3,(H2,26,28). The minimum Gasteiger partial charge on any atom is -0.393 e. The largest absolute Gasteiger partial charge is 0.393 e. The number of benzene rings is 2. The first kappa shape index (κ1) is 19.3.